The topological polar surface area (TPSA) is 77.4 Å². The molecular weight excluding hydrogens is 419 g/mol. The molecule has 1 aliphatic rings. The van der Waals surface area contributed by atoms with Gasteiger partial charge < -0.3 is 10.1 Å². The van der Waals surface area contributed by atoms with Crippen molar-refractivity contribution in [2.45, 2.75) is 52.1 Å². The number of thiazole rings is 1. The number of aromatic nitrogens is 1. The normalized spacial score (nSPS) is 20.0. The summed E-state index contributed by atoms with van der Waals surface area (Å²) in [7, 11) is 0. The van der Waals surface area contributed by atoms with E-state index in [1.54, 1.807) is 25.1 Å². The molecule has 3 rings (SSSR count). The zero-order valence-electron chi connectivity index (χ0n) is 17.7. The molecule has 1 saturated carbocycles. The molecule has 6 nitrogen and oxygen atoms in total. The van der Waals surface area contributed by atoms with E-state index in [0.717, 1.165) is 30.6 Å². The summed E-state index contributed by atoms with van der Waals surface area (Å²) in [6, 6.07) is 5.83. The lowest BCUT2D eigenvalue weighted by molar-refractivity contribution is -0.135. The predicted molar refractivity (Wildman–Crippen MR) is 118 cm³/mol. The first-order valence-corrected chi connectivity index (χ1v) is 11.3. The van der Waals surface area contributed by atoms with Gasteiger partial charge in [-0.15, -0.1) is 11.3 Å². The molecule has 2 aromatic rings. The van der Waals surface area contributed by atoms with Gasteiger partial charge in [-0.1, -0.05) is 31.9 Å². The minimum absolute atomic E-state index is 0.0957. The average molecular weight is 447 g/mol. The molecule has 0 aliphatic heterocycles. The highest BCUT2D eigenvalue weighted by Gasteiger charge is 2.23. The van der Waals surface area contributed by atoms with Gasteiger partial charge in [0.15, 0.2) is 0 Å². The van der Waals surface area contributed by atoms with Crippen LogP contribution in [0.5, 0.6) is 0 Å². The highest BCUT2D eigenvalue weighted by molar-refractivity contribution is 7.07. The molecule has 0 radical (unpaired) electrons. The molecule has 31 heavy (non-hydrogen) atoms. The van der Waals surface area contributed by atoms with Gasteiger partial charge >= 0.3 is 5.97 Å². The first kappa shape index (κ1) is 22.9. The molecule has 1 aliphatic carbocycles. The van der Waals surface area contributed by atoms with Crippen molar-refractivity contribution in [3.63, 3.8) is 0 Å². The van der Waals surface area contributed by atoms with Gasteiger partial charge in [-0.3, -0.25) is 14.2 Å². The van der Waals surface area contributed by atoms with E-state index >= 15 is 0 Å². The average Bonchev–Trinajstić information content (AvgIpc) is 3.00. The van der Waals surface area contributed by atoms with Crippen LogP contribution in [0.1, 0.15) is 45.1 Å². The lowest BCUT2D eigenvalue weighted by Crippen LogP contribution is -2.45. The van der Waals surface area contributed by atoms with Crippen LogP contribution < -0.4 is 20.1 Å². The molecule has 0 unspecified atom stereocenters. The number of nitrogens with zero attached hydrogens (tertiary/aromatic N) is 1. The first-order chi connectivity index (χ1) is 14.9. The minimum atomic E-state index is -0.577. The second-order valence-corrected chi connectivity index (χ2v) is 8.79. The Morgan fingerprint density at radius 3 is 2.65 bits per heavy atom. The van der Waals surface area contributed by atoms with Crippen LogP contribution in [0.25, 0.3) is 12.2 Å². The fourth-order valence-corrected chi connectivity index (χ4v) is 4.75. The molecule has 1 amide bonds. The number of rotatable bonds is 6. The Balaban J connectivity index is 1.94. The molecule has 1 heterocycles. The molecule has 1 aromatic heterocycles. The highest BCUT2D eigenvalue weighted by atomic mass is 32.1. The molecule has 1 N–H and O–H groups in total. The predicted octanol–water partition coefficient (Wildman–Crippen LogP) is 1.92. The van der Waals surface area contributed by atoms with Gasteiger partial charge in [0.05, 0.1) is 17.2 Å². The summed E-state index contributed by atoms with van der Waals surface area (Å²) in [4.78, 5) is 37.7. The number of hydrogen-bond donors (Lipinski definition) is 1. The fourth-order valence-electron chi connectivity index (χ4n) is 3.71. The zero-order valence-corrected chi connectivity index (χ0v) is 18.5. The Kier molecular flexibility index (Phi) is 7.79. The number of ether oxygens (including phenoxy) is 1. The third-order valence-corrected chi connectivity index (χ3v) is 6.45. The van der Waals surface area contributed by atoms with Crippen molar-refractivity contribution in [3.8, 4) is 0 Å². The Bertz CT molecular complexity index is 1100. The van der Waals surface area contributed by atoms with E-state index in [4.69, 9.17) is 4.74 Å². The highest BCUT2D eigenvalue weighted by Crippen LogP contribution is 2.23. The summed E-state index contributed by atoms with van der Waals surface area (Å²) in [6.45, 7) is 3.84. The van der Waals surface area contributed by atoms with E-state index in [1.165, 1.54) is 29.2 Å². The van der Waals surface area contributed by atoms with Crippen molar-refractivity contribution in [3.05, 3.63) is 55.2 Å². The van der Waals surface area contributed by atoms with Crippen molar-refractivity contribution in [1.29, 1.82) is 0 Å². The largest absolute Gasteiger partial charge is 0.463 e. The first-order valence-electron chi connectivity index (χ1n) is 10.5. The van der Waals surface area contributed by atoms with Gasteiger partial charge in [0.1, 0.15) is 17.0 Å². The van der Waals surface area contributed by atoms with E-state index in [1.807, 2.05) is 0 Å². The van der Waals surface area contributed by atoms with Gasteiger partial charge in [0.2, 0.25) is 5.91 Å². The summed E-state index contributed by atoms with van der Waals surface area (Å²) in [5, 5.41) is 3.04. The van der Waals surface area contributed by atoms with Crippen LogP contribution in [0.4, 0.5) is 4.39 Å². The Labute approximate surface area is 184 Å². The van der Waals surface area contributed by atoms with E-state index in [9.17, 15) is 18.8 Å². The monoisotopic (exact) mass is 446 g/mol. The van der Waals surface area contributed by atoms with Gasteiger partial charge in [0, 0.05) is 6.04 Å². The summed E-state index contributed by atoms with van der Waals surface area (Å²) in [6.07, 6.45) is 7.09. The SMILES string of the molecule is CCOC(=O)/C=c1\s/c(=C/c2ccc(F)cc2)c(=O)n1CC(=O)N[C@H]1CCCC[C@@H]1C. The molecular formula is C23H27FN2O4S. The van der Waals surface area contributed by atoms with Crippen molar-refractivity contribution in [2.75, 3.05) is 6.61 Å². The van der Waals surface area contributed by atoms with Gasteiger partial charge in [-0.05, 0) is 49.5 Å². The van der Waals surface area contributed by atoms with Gasteiger partial charge in [0.25, 0.3) is 5.56 Å². The molecule has 2 atom stereocenters. The summed E-state index contributed by atoms with van der Waals surface area (Å²) < 4.78 is 20.1. The lowest BCUT2D eigenvalue weighted by Gasteiger charge is -2.29. The number of nitrogens with one attached hydrogen (secondary N) is 1. The Morgan fingerprint density at radius 2 is 1.97 bits per heavy atom. The van der Waals surface area contributed by atoms with Crippen molar-refractivity contribution < 1.29 is 18.7 Å². The van der Waals surface area contributed by atoms with Crippen molar-refractivity contribution in [2.24, 2.45) is 5.92 Å². The second kappa shape index (κ2) is 10.5. The van der Waals surface area contributed by atoms with Gasteiger partial charge in [-0.2, -0.15) is 0 Å². The molecule has 1 fully saturated rings. The van der Waals surface area contributed by atoms with Crippen LogP contribution in [0.3, 0.4) is 0 Å². The van der Waals surface area contributed by atoms with Gasteiger partial charge in [-0.25, -0.2) is 9.18 Å². The minimum Gasteiger partial charge on any atom is -0.463 e. The van der Waals surface area contributed by atoms with Crippen molar-refractivity contribution >= 4 is 35.4 Å². The summed E-state index contributed by atoms with van der Waals surface area (Å²) >= 11 is 1.09. The number of amides is 1. The molecule has 0 spiro atoms. The maximum atomic E-state index is 13.2. The van der Waals surface area contributed by atoms with Crippen LogP contribution in [0, 0.1) is 11.7 Å². The quantitative estimate of drug-likeness (QED) is 0.688. The summed E-state index contributed by atoms with van der Waals surface area (Å²) in [5.74, 6) is -0.812. The van der Waals surface area contributed by atoms with E-state index < -0.39 is 5.97 Å². The molecule has 0 bridgehead atoms. The van der Waals surface area contributed by atoms with Crippen LogP contribution in [0.15, 0.2) is 29.1 Å². The molecule has 8 heteroatoms. The van der Waals surface area contributed by atoms with Crippen LogP contribution >= 0.6 is 11.3 Å². The second-order valence-electron chi connectivity index (χ2n) is 7.72. The van der Waals surface area contributed by atoms with Crippen LogP contribution in [0.2, 0.25) is 0 Å². The maximum absolute atomic E-state index is 13.2. The smallest absolute Gasteiger partial charge is 0.333 e. The van der Waals surface area contributed by atoms with Crippen molar-refractivity contribution in [1.82, 2.24) is 9.88 Å². The van der Waals surface area contributed by atoms with E-state index in [0.29, 0.717) is 20.7 Å². The molecule has 1 aromatic carbocycles. The third kappa shape index (κ3) is 6.13. The molecule has 0 saturated heterocycles. The fraction of sp³-hybridized carbons (Fsp3) is 0.435. The number of carbonyl (C=O) groups excluding carboxylic acids is 2. The van der Waals surface area contributed by atoms with Crippen LogP contribution in [-0.2, 0) is 20.9 Å². The number of carbonyl (C=O) groups is 2. The Morgan fingerprint density at radius 1 is 1.26 bits per heavy atom. The third-order valence-electron chi connectivity index (χ3n) is 5.39. The number of esters is 1. The van der Waals surface area contributed by atoms with E-state index in [2.05, 4.69) is 12.2 Å². The molecule has 166 valence electrons. The summed E-state index contributed by atoms with van der Waals surface area (Å²) in [5.41, 5.74) is 0.270. The number of hydrogen-bond acceptors (Lipinski definition) is 5. The van der Waals surface area contributed by atoms with E-state index in [-0.39, 0.29) is 36.5 Å². The lowest BCUT2D eigenvalue weighted by atomic mass is 9.86. The zero-order chi connectivity index (χ0) is 22.4. The Hall–Kier alpha value is -2.74. The maximum Gasteiger partial charge on any atom is 0.333 e. The number of halogens is 1. The number of benzene rings is 1. The standard InChI is InChI=1S/C23H27FN2O4S/c1-3-30-22(28)13-21-26(14-20(27)25-18-7-5-4-6-15(18)2)23(29)19(31-21)12-16-8-10-17(24)11-9-16/h8-13,15,18H,3-7,14H2,1-2H3,(H,25,27)/b19-12+,21-13-/t15-,18-/m0/s1. The van der Waals surface area contributed by atoms with Crippen LogP contribution in [-0.4, -0.2) is 29.1 Å².